The highest BCUT2D eigenvalue weighted by Crippen LogP contribution is 2.31. The van der Waals surface area contributed by atoms with E-state index in [1.807, 2.05) is 13.8 Å². The maximum Gasteiger partial charge on any atom is 0.416 e. The lowest BCUT2D eigenvalue weighted by Crippen LogP contribution is -2.30. The van der Waals surface area contributed by atoms with E-state index in [0.29, 0.717) is 5.56 Å². The van der Waals surface area contributed by atoms with Gasteiger partial charge in [-0.15, -0.1) is 0 Å². The summed E-state index contributed by atoms with van der Waals surface area (Å²) < 4.78 is 67.1. The normalized spacial score (nSPS) is 13.4. The van der Waals surface area contributed by atoms with E-state index in [0.717, 1.165) is 17.7 Å². The molecule has 0 saturated carbocycles. The Morgan fingerprint density at radius 2 is 1.50 bits per heavy atom. The third-order valence-corrected chi connectivity index (χ3v) is 6.02. The van der Waals surface area contributed by atoms with E-state index < -0.39 is 27.8 Å². The lowest BCUT2D eigenvalue weighted by molar-refractivity contribution is -0.137. The van der Waals surface area contributed by atoms with Gasteiger partial charge in [-0.2, -0.15) is 17.9 Å². The molecular weight excluding hydrogens is 415 g/mol. The largest absolute Gasteiger partial charge is 0.416 e. The van der Waals surface area contributed by atoms with Crippen LogP contribution in [-0.2, 0) is 16.2 Å². The minimum absolute atomic E-state index is 0.0488. The van der Waals surface area contributed by atoms with Crippen molar-refractivity contribution < 1.29 is 21.6 Å². The number of benzene rings is 2. The molecule has 0 aliphatic rings. The molecule has 3 rings (SSSR count). The van der Waals surface area contributed by atoms with E-state index in [4.69, 9.17) is 0 Å². The smallest absolute Gasteiger partial charge is 0.261 e. The van der Waals surface area contributed by atoms with Gasteiger partial charge in [0, 0.05) is 12.4 Å². The molecule has 0 fully saturated rings. The molecule has 0 amide bonds. The minimum Gasteiger partial charge on any atom is -0.261 e. The standard InChI is InChI=1S/C21H20F3N3O2S/c1-14(2)15-5-9-18(10-6-15)30(28,29)27-20(19-13-25-11-12-26-19)16-3-7-17(8-4-16)21(22,23)24/h3-14,20,27H,1-2H3. The van der Waals surface area contributed by atoms with Crippen molar-refractivity contribution >= 4 is 10.0 Å². The van der Waals surface area contributed by atoms with Crippen molar-refractivity contribution in [1.29, 1.82) is 0 Å². The predicted octanol–water partition coefficient (Wildman–Crippen LogP) is 4.69. The van der Waals surface area contributed by atoms with Gasteiger partial charge in [-0.3, -0.25) is 9.97 Å². The summed E-state index contributed by atoms with van der Waals surface area (Å²) in [5.41, 5.74) is 0.740. The van der Waals surface area contributed by atoms with Crippen LogP contribution in [0.2, 0.25) is 0 Å². The molecule has 0 aliphatic carbocycles. The topological polar surface area (TPSA) is 72.0 Å². The molecule has 0 saturated heterocycles. The average Bonchev–Trinajstić information content (AvgIpc) is 2.72. The van der Waals surface area contributed by atoms with E-state index in [-0.39, 0.29) is 16.5 Å². The summed E-state index contributed by atoms with van der Waals surface area (Å²) in [6.07, 6.45) is -0.310. The first-order valence-corrected chi connectivity index (χ1v) is 10.6. The van der Waals surface area contributed by atoms with Gasteiger partial charge in [0.25, 0.3) is 0 Å². The Morgan fingerprint density at radius 1 is 0.900 bits per heavy atom. The highest BCUT2D eigenvalue weighted by Gasteiger charge is 2.31. The Kier molecular flexibility index (Phi) is 6.23. The van der Waals surface area contributed by atoms with Crippen LogP contribution in [0, 0.1) is 0 Å². The van der Waals surface area contributed by atoms with Gasteiger partial charge in [0.2, 0.25) is 10.0 Å². The Labute approximate surface area is 173 Å². The Bertz CT molecular complexity index is 1080. The van der Waals surface area contributed by atoms with Gasteiger partial charge in [0.1, 0.15) is 0 Å². The number of rotatable bonds is 6. The maximum atomic E-state index is 13.0. The first-order chi connectivity index (χ1) is 14.1. The third kappa shape index (κ3) is 5.03. The van der Waals surface area contributed by atoms with Crippen LogP contribution in [0.3, 0.4) is 0 Å². The van der Waals surface area contributed by atoms with Crippen molar-refractivity contribution in [3.63, 3.8) is 0 Å². The summed E-state index contributed by atoms with van der Waals surface area (Å²) in [5.74, 6) is 0.245. The van der Waals surface area contributed by atoms with Crippen LogP contribution in [0.15, 0.2) is 72.0 Å². The summed E-state index contributed by atoms with van der Waals surface area (Å²) in [6.45, 7) is 3.99. The number of alkyl halides is 3. The van der Waals surface area contributed by atoms with E-state index in [1.54, 1.807) is 12.1 Å². The molecule has 0 aliphatic heterocycles. The molecule has 1 aromatic heterocycles. The van der Waals surface area contributed by atoms with Crippen LogP contribution >= 0.6 is 0 Å². The van der Waals surface area contributed by atoms with Crippen LogP contribution < -0.4 is 4.72 Å². The van der Waals surface area contributed by atoms with Gasteiger partial charge >= 0.3 is 6.18 Å². The molecule has 0 radical (unpaired) electrons. The van der Waals surface area contributed by atoms with Gasteiger partial charge < -0.3 is 0 Å². The molecule has 1 heterocycles. The SMILES string of the molecule is CC(C)c1ccc(S(=O)(=O)NC(c2ccc(C(F)(F)F)cc2)c2cnccn2)cc1. The zero-order chi connectivity index (χ0) is 21.9. The molecule has 5 nitrogen and oxygen atoms in total. The minimum atomic E-state index is -4.49. The average molecular weight is 435 g/mol. The number of sulfonamides is 1. The van der Waals surface area contributed by atoms with Crippen molar-refractivity contribution in [2.24, 2.45) is 0 Å². The number of halogens is 3. The summed E-state index contributed by atoms with van der Waals surface area (Å²) >= 11 is 0. The second-order valence-electron chi connectivity index (χ2n) is 7.03. The number of hydrogen-bond donors (Lipinski definition) is 1. The summed E-state index contributed by atoms with van der Waals surface area (Å²) in [5, 5.41) is 0. The molecule has 1 unspecified atom stereocenters. The Hall–Kier alpha value is -2.78. The molecule has 0 bridgehead atoms. The van der Waals surface area contributed by atoms with Gasteiger partial charge in [0.15, 0.2) is 0 Å². The summed E-state index contributed by atoms with van der Waals surface area (Å²) in [7, 11) is -3.98. The van der Waals surface area contributed by atoms with Crippen LogP contribution in [0.25, 0.3) is 0 Å². The second-order valence-corrected chi connectivity index (χ2v) is 8.74. The predicted molar refractivity (Wildman–Crippen MR) is 106 cm³/mol. The zero-order valence-electron chi connectivity index (χ0n) is 16.3. The van der Waals surface area contributed by atoms with Crippen molar-refractivity contribution in [1.82, 2.24) is 14.7 Å². The molecular formula is C21H20F3N3O2S. The van der Waals surface area contributed by atoms with E-state index in [1.165, 1.54) is 42.9 Å². The third-order valence-electron chi connectivity index (χ3n) is 4.58. The molecule has 30 heavy (non-hydrogen) atoms. The van der Waals surface area contributed by atoms with Crippen LogP contribution in [0.1, 0.15) is 48.2 Å². The molecule has 158 valence electrons. The number of nitrogens with one attached hydrogen (secondary N) is 1. The van der Waals surface area contributed by atoms with Gasteiger partial charge in [0.05, 0.1) is 28.4 Å². The second kappa shape index (κ2) is 8.53. The fraction of sp³-hybridized carbons (Fsp3) is 0.238. The first kappa shape index (κ1) is 21.9. The lowest BCUT2D eigenvalue weighted by atomic mass is 10.0. The van der Waals surface area contributed by atoms with Crippen molar-refractivity contribution in [2.75, 3.05) is 0 Å². The molecule has 1 atom stereocenters. The fourth-order valence-electron chi connectivity index (χ4n) is 2.88. The highest BCUT2D eigenvalue weighted by atomic mass is 32.2. The maximum absolute atomic E-state index is 13.0. The fourth-order valence-corrected chi connectivity index (χ4v) is 4.08. The quantitative estimate of drug-likeness (QED) is 0.610. The van der Waals surface area contributed by atoms with Gasteiger partial charge in [-0.1, -0.05) is 38.1 Å². The van der Waals surface area contributed by atoms with Gasteiger partial charge in [-0.25, -0.2) is 8.42 Å². The zero-order valence-corrected chi connectivity index (χ0v) is 17.1. The van der Waals surface area contributed by atoms with Crippen LogP contribution in [-0.4, -0.2) is 18.4 Å². The monoisotopic (exact) mass is 435 g/mol. The molecule has 3 aromatic rings. The molecule has 2 aromatic carbocycles. The number of nitrogens with zero attached hydrogens (tertiary/aromatic N) is 2. The van der Waals surface area contributed by atoms with E-state index in [9.17, 15) is 21.6 Å². The number of aromatic nitrogens is 2. The first-order valence-electron chi connectivity index (χ1n) is 9.13. The van der Waals surface area contributed by atoms with E-state index >= 15 is 0 Å². The summed E-state index contributed by atoms with van der Waals surface area (Å²) in [4.78, 5) is 8.12. The van der Waals surface area contributed by atoms with Gasteiger partial charge in [-0.05, 0) is 41.3 Å². The van der Waals surface area contributed by atoms with E-state index in [2.05, 4.69) is 14.7 Å². The lowest BCUT2D eigenvalue weighted by Gasteiger charge is -2.19. The Balaban J connectivity index is 1.97. The van der Waals surface area contributed by atoms with Crippen molar-refractivity contribution in [3.8, 4) is 0 Å². The van der Waals surface area contributed by atoms with Crippen molar-refractivity contribution in [2.45, 2.75) is 36.9 Å². The van der Waals surface area contributed by atoms with Crippen LogP contribution in [0.4, 0.5) is 13.2 Å². The van der Waals surface area contributed by atoms with Crippen molar-refractivity contribution in [3.05, 3.63) is 89.5 Å². The molecule has 0 spiro atoms. The summed E-state index contributed by atoms with van der Waals surface area (Å²) in [6, 6.07) is 9.73. The highest BCUT2D eigenvalue weighted by molar-refractivity contribution is 7.89. The molecule has 9 heteroatoms. The Morgan fingerprint density at radius 3 is 2.00 bits per heavy atom. The number of hydrogen-bond acceptors (Lipinski definition) is 4. The molecule has 1 N–H and O–H groups in total. The van der Waals surface area contributed by atoms with Crippen LogP contribution in [0.5, 0.6) is 0 Å².